The van der Waals surface area contributed by atoms with Gasteiger partial charge >= 0.3 is 71.8 Å². The van der Waals surface area contributed by atoms with Crippen molar-refractivity contribution in [2.24, 2.45) is 0 Å². The van der Waals surface area contributed by atoms with Gasteiger partial charge in [-0.25, -0.2) is 0 Å². The topological polar surface area (TPSA) is 164 Å². The van der Waals surface area contributed by atoms with Crippen LogP contribution in [0.15, 0.2) is 0 Å². The van der Waals surface area contributed by atoms with Crippen molar-refractivity contribution in [3.05, 3.63) is 0 Å². The van der Waals surface area contributed by atoms with Crippen molar-refractivity contribution in [2.75, 3.05) is 0 Å². The van der Waals surface area contributed by atoms with E-state index in [1.54, 1.807) is 32.7 Å². The highest BCUT2D eigenvalue weighted by Gasteiger charge is 2.54. The Hall–Kier alpha value is 0.563. The molecule has 0 heterocycles. The highest BCUT2D eigenvalue weighted by Crippen LogP contribution is 2.15. The van der Waals surface area contributed by atoms with Gasteiger partial charge in [0.15, 0.2) is 8.32 Å². The van der Waals surface area contributed by atoms with Crippen molar-refractivity contribution in [1.29, 1.82) is 0 Å². The molecule has 11 nitrogen and oxygen atoms in total. The molecule has 184 valence electrons. The summed E-state index contributed by atoms with van der Waals surface area (Å²) in [4.78, 5) is 0. The molecule has 0 aromatic carbocycles. The minimum absolute atomic E-state index is 1.36. The SMILES string of the molecule is C[Si](C)(C)O[Si](C)(C)O[Si](=O)[Si](=O)[Si](=O)[Si](=O)[Si](=O)[Si](=O)[Si](C)(C)O[Si](=O)[Si](=O)[Si](C)(C)C. The number of hydrogen-bond acceptors (Lipinski definition) is 11. The van der Waals surface area contributed by atoms with Gasteiger partial charge in [-0.15, -0.1) is 0 Å². The molecule has 23 heteroatoms. The van der Waals surface area contributed by atoms with Crippen LogP contribution in [0.25, 0.3) is 0 Å². The average Bonchev–Trinajstić information content (AvgIpc) is 2.60. The maximum absolute atomic E-state index is 12.9. The minimum Gasteiger partial charge on any atom is -0.575 e. The van der Waals surface area contributed by atoms with Crippen LogP contribution in [0.5, 0.6) is 0 Å². The number of rotatable bonds is 14. The van der Waals surface area contributed by atoms with Gasteiger partial charge < -0.3 is 48.0 Å². The standard InChI is InChI=1S/C10H30O11Si12/c1-30(2,3)21-32(7,8)19-22(11)24(13)25(14)26(15)27(16)29(18)33(9,10)20-23(12)28(17)31(4,5)6/h1-10H3. The third kappa shape index (κ3) is 11.0. The molecule has 0 radical (unpaired) electrons. The fourth-order valence-electron chi connectivity index (χ4n) is 2.33. The predicted molar refractivity (Wildman–Crippen MR) is 136 cm³/mol. The Kier molecular flexibility index (Phi) is 12.4. The summed E-state index contributed by atoms with van der Waals surface area (Å²) in [5, 5.41) is 0. The summed E-state index contributed by atoms with van der Waals surface area (Å²) in [6, 6.07) is 0. The second-order valence-electron chi connectivity index (χ2n) is 10.1. The van der Waals surface area contributed by atoms with E-state index in [1.807, 2.05) is 19.6 Å². The molecular formula is C10H30O11Si12. The first-order valence-corrected chi connectivity index (χ1v) is 41.6. The third-order valence-corrected chi connectivity index (χ3v) is 76.9. The summed E-state index contributed by atoms with van der Waals surface area (Å²) in [6.07, 6.45) is 0. The van der Waals surface area contributed by atoms with Gasteiger partial charge in [-0.05, 0) is 45.8 Å². The molecule has 0 aliphatic rings. The molecule has 0 rings (SSSR count). The summed E-state index contributed by atoms with van der Waals surface area (Å²) in [7, 11) is -37.2. The van der Waals surface area contributed by atoms with Crippen LogP contribution in [0.4, 0.5) is 0 Å². The van der Waals surface area contributed by atoms with E-state index in [1.165, 1.54) is 13.1 Å². The highest BCUT2D eigenvalue weighted by atomic mass is 30.0. The molecule has 0 saturated heterocycles. The van der Waals surface area contributed by atoms with E-state index in [0.717, 1.165) is 0 Å². The van der Waals surface area contributed by atoms with E-state index < -0.39 is 95.5 Å². The molecule has 33 heavy (non-hydrogen) atoms. The van der Waals surface area contributed by atoms with E-state index in [4.69, 9.17) is 12.3 Å². The van der Waals surface area contributed by atoms with Gasteiger partial charge in [0.1, 0.15) is 7.59 Å². The van der Waals surface area contributed by atoms with Crippen LogP contribution in [0, 0.1) is 0 Å². The Bertz CT molecular complexity index is 927. The van der Waals surface area contributed by atoms with Crippen LogP contribution in [0.2, 0.25) is 65.5 Å². The first-order chi connectivity index (χ1) is 14.4. The summed E-state index contributed by atoms with van der Waals surface area (Å²) in [5.41, 5.74) is 0. The molecule has 0 aromatic rings. The Balaban J connectivity index is 5.42. The maximum atomic E-state index is 12.9. The van der Waals surface area contributed by atoms with Crippen molar-refractivity contribution >= 4 is 95.5 Å². The van der Waals surface area contributed by atoms with Gasteiger partial charge in [-0.2, -0.15) is 0 Å². The molecule has 0 amide bonds. The lowest BCUT2D eigenvalue weighted by atomic mass is 11.8. The van der Waals surface area contributed by atoms with E-state index in [0.29, 0.717) is 0 Å². The van der Waals surface area contributed by atoms with Crippen LogP contribution < -0.4 is 0 Å². The summed E-state index contributed by atoms with van der Waals surface area (Å²) in [5.74, 6) is 0. The smallest absolute Gasteiger partial charge is 0.533 e. The van der Waals surface area contributed by atoms with E-state index in [-0.39, 0.29) is 0 Å². The molecule has 0 saturated carbocycles. The normalized spacial score (nSPS) is 12.4. The molecule has 0 aliphatic carbocycles. The van der Waals surface area contributed by atoms with Crippen molar-refractivity contribution < 1.29 is 48.0 Å². The summed E-state index contributed by atoms with van der Waals surface area (Å²) >= 11 is 0. The van der Waals surface area contributed by atoms with Crippen LogP contribution in [0.3, 0.4) is 0 Å². The first kappa shape index (κ1) is 33.6. The fourth-order valence-corrected chi connectivity index (χ4v) is 91.3. The quantitative estimate of drug-likeness (QED) is 0.232. The molecule has 0 unspecified atom stereocenters. The maximum Gasteiger partial charge on any atom is 0.533 e. The molecule has 0 N–H and O–H groups in total. The van der Waals surface area contributed by atoms with Gasteiger partial charge in [-0.1, -0.05) is 19.6 Å². The molecular weight excluding hydrogens is 633 g/mol. The molecule has 0 aromatic heterocycles. The van der Waals surface area contributed by atoms with Crippen LogP contribution in [-0.2, 0) is 48.0 Å². The molecule has 0 fully saturated rings. The van der Waals surface area contributed by atoms with Crippen molar-refractivity contribution in [1.82, 2.24) is 0 Å². The van der Waals surface area contributed by atoms with Gasteiger partial charge in [0.25, 0.3) is 7.83 Å². The predicted octanol–water partition coefficient (Wildman–Crippen LogP) is 0.113. The second-order valence-corrected chi connectivity index (χ2v) is 68.1. The van der Waals surface area contributed by atoms with Crippen LogP contribution in [-0.4, -0.2) is 95.5 Å². The van der Waals surface area contributed by atoms with Crippen molar-refractivity contribution in [3.8, 4) is 0 Å². The Morgan fingerprint density at radius 1 is 0.485 bits per heavy atom. The lowest BCUT2D eigenvalue weighted by Crippen LogP contribution is -2.59. The highest BCUT2D eigenvalue weighted by molar-refractivity contribution is 7.71. The Morgan fingerprint density at radius 3 is 1.30 bits per heavy atom. The van der Waals surface area contributed by atoms with E-state index >= 15 is 0 Å². The van der Waals surface area contributed by atoms with Gasteiger partial charge in [0, 0.05) is 0 Å². The monoisotopic (exact) mass is 662 g/mol. The second kappa shape index (κ2) is 12.2. The summed E-state index contributed by atoms with van der Waals surface area (Å²) < 4.78 is 117. The Labute approximate surface area is 208 Å². The minimum atomic E-state index is -3.60. The van der Waals surface area contributed by atoms with E-state index in [2.05, 4.69) is 0 Å². The zero-order valence-corrected chi connectivity index (χ0v) is 32.5. The number of hydrogen-bond donors (Lipinski definition) is 0. The molecule has 0 aliphatic heterocycles. The largest absolute Gasteiger partial charge is 0.575 e. The zero-order chi connectivity index (χ0) is 26.7. The summed E-state index contributed by atoms with van der Waals surface area (Å²) in [6.45, 7) is 16.9. The lowest BCUT2D eigenvalue weighted by molar-refractivity contribution is 0.377. The molecule has 0 spiro atoms. The van der Waals surface area contributed by atoms with Crippen molar-refractivity contribution in [2.45, 2.75) is 65.5 Å². The van der Waals surface area contributed by atoms with Gasteiger partial charge in [0.05, 0.1) is 0 Å². The Morgan fingerprint density at radius 2 is 0.909 bits per heavy atom. The zero-order valence-electron chi connectivity index (χ0n) is 20.5. The average molecular weight is 663 g/mol. The van der Waals surface area contributed by atoms with Crippen molar-refractivity contribution in [3.63, 3.8) is 0 Å². The molecule has 0 atom stereocenters. The lowest BCUT2D eigenvalue weighted by Gasteiger charge is -2.30. The van der Waals surface area contributed by atoms with Gasteiger partial charge in [0.2, 0.25) is 0 Å². The first-order valence-electron chi connectivity index (χ1n) is 9.86. The van der Waals surface area contributed by atoms with E-state index in [9.17, 15) is 35.7 Å². The third-order valence-electron chi connectivity index (χ3n) is 3.66. The molecule has 0 bridgehead atoms. The van der Waals surface area contributed by atoms with Gasteiger partial charge in [-0.3, -0.25) is 0 Å². The fraction of sp³-hybridized carbons (Fsp3) is 1.00. The van der Waals surface area contributed by atoms with Crippen LogP contribution in [0.1, 0.15) is 0 Å². The van der Waals surface area contributed by atoms with Crippen LogP contribution >= 0.6 is 0 Å².